The fourth-order valence-corrected chi connectivity index (χ4v) is 4.11. The van der Waals surface area contributed by atoms with Gasteiger partial charge in [-0.3, -0.25) is 14.6 Å². The smallest absolute Gasteiger partial charge is 0.407 e. The molecule has 188 valence electrons. The highest BCUT2D eigenvalue weighted by Gasteiger charge is 2.27. The summed E-state index contributed by atoms with van der Waals surface area (Å²) in [7, 11) is 1.65. The number of aryl methyl sites for hydroxylation is 1. The van der Waals surface area contributed by atoms with Crippen LogP contribution in [0, 0.1) is 12.7 Å². The molecule has 0 radical (unpaired) electrons. The van der Waals surface area contributed by atoms with Crippen molar-refractivity contribution < 1.29 is 23.8 Å². The first-order valence-corrected chi connectivity index (χ1v) is 11.6. The first-order chi connectivity index (χ1) is 17.2. The third kappa shape index (κ3) is 5.77. The van der Waals surface area contributed by atoms with Gasteiger partial charge in [-0.05, 0) is 61.4 Å². The van der Waals surface area contributed by atoms with Gasteiger partial charge in [-0.1, -0.05) is 0 Å². The van der Waals surface area contributed by atoms with E-state index in [9.17, 15) is 19.1 Å². The zero-order valence-electron chi connectivity index (χ0n) is 20.4. The first-order valence-electron chi connectivity index (χ1n) is 11.6. The summed E-state index contributed by atoms with van der Waals surface area (Å²) in [5, 5.41) is 9.26. The Morgan fingerprint density at radius 1 is 1.14 bits per heavy atom. The van der Waals surface area contributed by atoms with Crippen LogP contribution in [0.2, 0.25) is 0 Å². The first kappa shape index (κ1) is 25.1. The molecule has 1 aliphatic heterocycles. The summed E-state index contributed by atoms with van der Waals surface area (Å²) in [6, 6.07) is 10.6. The number of nitrogens with zero attached hydrogens (tertiary/aromatic N) is 5. The Hall–Kier alpha value is -4.05. The van der Waals surface area contributed by atoms with E-state index in [2.05, 4.69) is 14.9 Å². The average molecular weight is 494 g/mol. The third-order valence-corrected chi connectivity index (χ3v) is 6.22. The highest BCUT2D eigenvalue weighted by molar-refractivity contribution is 6.05. The third-order valence-electron chi connectivity index (χ3n) is 6.22. The number of amides is 2. The molecule has 3 heterocycles. The van der Waals surface area contributed by atoms with Gasteiger partial charge < -0.3 is 14.7 Å². The Labute approximate surface area is 208 Å². The number of benzene rings is 1. The van der Waals surface area contributed by atoms with Crippen LogP contribution in [0.5, 0.6) is 11.6 Å². The summed E-state index contributed by atoms with van der Waals surface area (Å²) in [6.07, 6.45) is 2.31. The molecule has 1 atom stereocenters. The van der Waals surface area contributed by atoms with Crippen LogP contribution in [0.3, 0.4) is 0 Å². The van der Waals surface area contributed by atoms with Gasteiger partial charge in [-0.15, -0.1) is 0 Å². The van der Waals surface area contributed by atoms with Crippen molar-refractivity contribution in [2.45, 2.75) is 26.4 Å². The van der Waals surface area contributed by atoms with Crippen molar-refractivity contribution in [2.75, 3.05) is 31.6 Å². The number of hydrogen-bond donors (Lipinski definition) is 1. The molecule has 1 fully saturated rings. The molecule has 2 amide bonds. The largest absolute Gasteiger partial charge is 0.465 e. The number of hydrogen-bond acceptors (Lipinski definition) is 6. The minimum absolute atomic E-state index is 0.0753. The molecule has 4 rings (SSSR count). The van der Waals surface area contributed by atoms with E-state index < -0.39 is 6.09 Å². The molecule has 1 aromatic carbocycles. The maximum absolute atomic E-state index is 13.0. The van der Waals surface area contributed by atoms with E-state index in [1.807, 2.05) is 19.9 Å². The number of anilines is 1. The number of carboxylic acid groups (broad SMARTS) is 1. The monoisotopic (exact) mass is 493 g/mol. The van der Waals surface area contributed by atoms with E-state index in [-0.39, 0.29) is 23.6 Å². The lowest BCUT2D eigenvalue weighted by Crippen LogP contribution is -2.53. The van der Waals surface area contributed by atoms with Crippen LogP contribution >= 0.6 is 0 Å². The quantitative estimate of drug-likeness (QED) is 0.550. The molecule has 0 unspecified atom stereocenters. The van der Waals surface area contributed by atoms with Crippen LogP contribution < -0.4 is 9.64 Å². The van der Waals surface area contributed by atoms with Gasteiger partial charge in [0.05, 0.1) is 5.56 Å². The zero-order chi connectivity index (χ0) is 25.8. The molecule has 3 aromatic rings. The van der Waals surface area contributed by atoms with Gasteiger partial charge in [0, 0.05) is 57.7 Å². The lowest BCUT2D eigenvalue weighted by molar-refractivity contribution is 0.0709. The Morgan fingerprint density at radius 3 is 2.50 bits per heavy atom. The van der Waals surface area contributed by atoms with Crippen molar-refractivity contribution in [3.63, 3.8) is 0 Å². The van der Waals surface area contributed by atoms with E-state index in [0.29, 0.717) is 43.3 Å². The molecule has 0 bridgehead atoms. The van der Waals surface area contributed by atoms with Crippen molar-refractivity contribution in [1.82, 2.24) is 19.8 Å². The molecule has 0 aliphatic carbocycles. The number of rotatable bonds is 6. The van der Waals surface area contributed by atoms with Crippen LogP contribution in [0.15, 0.2) is 54.9 Å². The van der Waals surface area contributed by atoms with Gasteiger partial charge in [0.15, 0.2) is 0 Å². The molecule has 1 aliphatic rings. The molecular weight excluding hydrogens is 465 g/mol. The maximum Gasteiger partial charge on any atom is 0.407 e. The minimum atomic E-state index is -0.887. The molecular formula is C26H28FN5O4. The van der Waals surface area contributed by atoms with Crippen molar-refractivity contribution in [2.24, 2.45) is 0 Å². The number of ether oxygens (including phenoxy) is 1. The lowest BCUT2D eigenvalue weighted by Gasteiger charge is -2.38. The Balaban J connectivity index is 1.38. The SMILES string of the molecule is Cc1cc(N(C)C(=O)c2ccc(Oc3ccc(F)cc3)nc2)ncc1CN1CCN(C(=O)O)[C@@H](C)C1. The summed E-state index contributed by atoms with van der Waals surface area (Å²) in [4.78, 5) is 38.1. The molecule has 0 saturated carbocycles. The zero-order valence-corrected chi connectivity index (χ0v) is 20.4. The fraction of sp³-hybridized carbons (Fsp3) is 0.308. The fourth-order valence-electron chi connectivity index (χ4n) is 4.11. The van der Waals surface area contributed by atoms with Crippen LogP contribution in [0.25, 0.3) is 0 Å². The van der Waals surface area contributed by atoms with Crippen molar-refractivity contribution >= 4 is 17.8 Å². The van der Waals surface area contributed by atoms with E-state index in [0.717, 1.165) is 11.1 Å². The number of carbonyl (C=O) groups excluding carboxylic acids is 1. The van der Waals surface area contributed by atoms with Crippen molar-refractivity contribution in [1.29, 1.82) is 0 Å². The van der Waals surface area contributed by atoms with E-state index in [1.165, 1.54) is 40.3 Å². The van der Waals surface area contributed by atoms with Gasteiger partial charge in [-0.2, -0.15) is 0 Å². The van der Waals surface area contributed by atoms with Crippen molar-refractivity contribution in [3.05, 3.63) is 77.4 Å². The molecule has 36 heavy (non-hydrogen) atoms. The second kappa shape index (κ2) is 10.7. The summed E-state index contributed by atoms with van der Waals surface area (Å²) in [5.41, 5.74) is 2.39. The van der Waals surface area contributed by atoms with Gasteiger partial charge >= 0.3 is 6.09 Å². The molecule has 0 spiro atoms. The van der Waals surface area contributed by atoms with Gasteiger partial charge in [0.2, 0.25) is 5.88 Å². The molecule has 2 aromatic heterocycles. The van der Waals surface area contributed by atoms with Crippen LogP contribution in [0.1, 0.15) is 28.4 Å². The van der Waals surface area contributed by atoms with Gasteiger partial charge in [0.25, 0.3) is 5.91 Å². The number of aromatic nitrogens is 2. The molecule has 1 N–H and O–H groups in total. The van der Waals surface area contributed by atoms with Gasteiger partial charge in [0.1, 0.15) is 17.4 Å². The molecule has 9 nitrogen and oxygen atoms in total. The van der Waals surface area contributed by atoms with E-state index in [1.54, 1.807) is 25.4 Å². The van der Waals surface area contributed by atoms with Crippen LogP contribution in [-0.4, -0.2) is 69.6 Å². The number of carbonyl (C=O) groups is 2. The number of piperazine rings is 1. The summed E-state index contributed by atoms with van der Waals surface area (Å²) in [6.45, 7) is 6.32. The van der Waals surface area contributed by atoms with E-state index >= 15 is 0 Å². The second-order valence-corrected chi connectivity index (χ2v) is 8.83. The summed E-state index contributed by atoms with van der Waals surface area (Å²) >= 11 is 0. The summed E-state index contributed by atoms with van der Waals surface area (Å²) < 4.78 is 18.6. The highest BCUT2D eigenvalue weighted by Crippen LogP contribution is 2.22. The van der Waals surface area contributed by atoms with Crippen molar-refractivity contribution in [3.8, 4) is 11.6 Å². The Kier molecular flexibility index (Phi) is 7.44. The second-order valence-electron chi connectivity index (χ2n) is 8.83. The highest BCUT2D eigenvalue weighted by atomic mass is 19.1. The number of halogens is 1. The normalized spacial score (nSPS) is 16.0. The Morgan fingerprint density at radius 2 is 1.89 bits per heavy atom. The van der Waals surface area contributed by atoms with E-state index in [4.69, 9.17) is 4.74 Å². The topological polar surface area (TPSA) is 99.1 Å². The number of pyridine rings is 2. The predicted octanol–water partition coefficient (Wildman–Crippen LogP) is 4.18. The van der Waals surface area contributed by atoms with Crippen LogP contribution in [0.4, 0.5) is 15.0 Å². The average Bonchev–Trinajstić information content (AvgIpc) is 2.86. The minimum Gasteiger partial charge on any atom is -0.465 e. The Bertz CT molecular complexity index is 1240. The van der Waals surface area contributed by atoms with Gasteiger partial charge in [-0.25, -0.2) is 19.2 Å². The standard InChI is InChI=1S/C26H28FN5O4/c1-17-12-23(28-14-20(17)16-31-10-11-32(26(34)35)18(2)15-31)30(3)25(33)19-4-9-24(29-13-19)36-22-7-5-21(27)6-8-22/h4-9,12-14,18H,10-11,15-16H2,1-3H3,(H,34,35)/t18-/m0/s1. The maximum atomic E-state index is 13.0. The van der Waals surface area contributed by atoms with Crippen LogP contribution in [-0.2, 0) is 6.54 Å². The molecule has 1 saturated heterocycles. The lowest BCUT2D eigenvalue weighted by atomic mass is 10.1. The molecule has 10 heteroatoms. The predicted molar refractivity (Wildman–Crippen MR) is 132 cm³/mol. The summed E-state index contributed by atoms with van der Waals surface area (Å²) in [5.74, 6) is 0.617.